The molecule has 21 aromatic rings. The molecule has 5 aromatic heterocycles. The van der Waals surface area contributed by atoms with Gasteiger partial charge >= 0.3 is 7.12 Å². The highest BCUT2D eigenvalue weighted by Crippen LogP contribution is 2.65. The summed E-state index contributed by atoms with van der Waals surface area (Å²) in [5, 5.41) is 31.4. The van der Waals surface area contributed by atoms with E-state index in [0.29, 0.717) is 5.46 Å². The number of nitrogens with zero attached hydrogens (tertiary/aromatic N) is 2. The molecule has 0 amide bonds. The van der Waals surface area contributed by atoms with Crippen LogP contribution in [0.1, 0.15) is 44.5 Å². The number of rotatable bonds is 3. The van der Waals surface area contributed by atoms with Crippen molar-refractivity contribution < 1.29 is 10.0 Å². The van der Waals surface area contributed by atoms with Crippen molar-refractivity contribution in [3.63, 3.8) is 0 Å². The van der Waals surface area contributed by atoms with Gasteiger partial charge in [-0.05, 0) is 179 Å². The molecule has 0 unspecified atom stereocenters. The zero-order valence-corrected chi connectivity index (χ0v) is 63.2. The number of benzene rings is 16. The van der Waals surface area contributed by atoms with E-state index in [1.165, 1.54) is 194 Å². The van der Waals surface area contributed by atoms with Gasteiger partial charge in [-0.15, -0.1) is 34.0 Å². The Morgan fingerprint density at radius 1 is 0.259 bits per heavy atom. The van der Waals surface area contributed by atoms with Crippen LogP contribution in [0.15, 0.2) is 343 Å². The Bertz CT molecular complexity index is 7280. The van der Waals surface area contributed by atoms with Crippen LogP contribution in [-0.2, 0) is 10.8 Å². The summed E-state index contributed by atoms with van der Waals surface area (Å²) in [5.74, 6) is 0. The van der Waals surface area contributed by atoms with Crippen LogP contribution >= 0.6 is 65.9 Å². The Balaban J connectivity index is 0.000000118. The summed E-state index contributed by atoms with van der Waals surface area (Å²) >= 11 is 13.0. The molecule has 108 heavy (non-hydrogen) atoms. The highest BCUT2D eigenvalue weighted by Gasteiger charge is 2.53. The maximum absolute atomic E-state index is 9.31. The first-order chi connectivity index (χ1) is 53.2. The molecule has 2 N–H and O–H groups in total. The first-order valence-electron chi connectivity index (χ1n) is 36.5. The fraction of sp³-hybridized carbons (Fsp3) is 0.0204. The monoisotopic (exact) mass is 1560 g/mol. The summed E-state index contributed by atoms with van der Waals surface area (Å²) in [5.41, 5.74) is 28.3. The Morgan fingerprint density at radius 3 is 1.05 bits per heavy atom. The fourth-order valence-corrected chi connectivity index (χ4v) is 23.8. The molecule has 16 aromatic carbocycles. The van der Waals surface area contributed by atoms with Gasteiger partial charge in [0.2, 0.25) is 0 Å². The lowest BCUT2D eigenvalue weighted by atomic mass is 9.65. The van der Waals surface area contributed by atoms with Gasteiger partial charge in [-0.1, -0.05) is 287 Å². The second-order valence-electron chi connectivity index (χ2n) is 28.8. The SMILES string of the molecule is Brc1ccc2c(c1)C1(c3cc(Br)ccc3-2)c2ccccc2-n2c3ccccc3c3cccc1c32.OB(O)c1cccc2c1sc1ccccc12.c1ccc2c(c1)-n1c3ccccc3c3cccc(c31)C21c2cc(-c3cccc4c3sc3ccccc34)ccc2-c2ccc(-c3cccc4c3sc3ccccc34)cc21. The number of hydrogen-bond donors (Lipinski definition) is 2. The number of fused-ring (bicyclic) bond motifs is 33. The van der Waals surface area contributed by atoms with Gasteiger partial charge in [-0.3, -0.25) is 0 Å². The van der Waals surface area contributed by atoms with Gasteiger partial charge in [0.25, 0.3) is 0 Å². The molecule has 0 atom stereocenters. The zero-order valence-electron chi connectivity index (χ0n) is 57.6. The van der Waals surface area contributed by atoms with Gasteiger partial charge in [0, 0.05) is 85.6 Å². The Hall–Kier alpha value is -11.3. The molecule has 4 aliphatic rings. The van der Waals surface area contributed by atoms with Crippen LogP contribution in [0.25, 0.3) is 160 Å². The summed E-state index contributed by atoms with van der Waals surface area (Å²) in [6.07, 6.45) is 0. The van der Waals surface area contributed by atoms with E-state index in [9.17, 15) is 10.0 Å². The number of aromatic nitrogens is 2. The zero-order chi connectivity index (χ0) is 71.4. The van der Waals surface area contributed by atoms with Crippen molar-refractivity contribution in [3.05, 3.63) is 387 Å². The van der Waals surface area contributed by atoms with Crippen molar-refractivity contribution in [3.8, 4) is 55.9 Å². The van der Waals surface area contributed by atoms with Crippen molar-refractivity contribution in [1.29, 1.82) is 0 Å². The number of para-hydroxylation sites is 6. The van der Waals surface area contributed by atoms with E-state index in [1.54, 1.807) is 17.4 Å². The van der Waals surface area contributed by atoms with Gasteiger partial charge in [0.1, 0.15) is 0 Å². The van der Waals surface area contributed by atoms with Crippen LogP contribution in [0.2, 0.25) is 0 Å². The molecule has 2 aliphatic carbocycles. The number of halogens is 2. The predicted octanol–water partition coefficient (Wildman–Crippen LogP) is 26.2. The topological polar surface area (TPSA) is 50.3 Å². The first-order valence-corrected chi connectivity index (χ1v) is 40.5. The second-order valence-corrected chi connectivity index (χ2v) is 33.8. The molecule has 7 heterocycles. The van der Waals surface area contributed by atoms with Crippen molar-refractivity contribution in [1.82, 2.24) is 9.13 Å². The van der Waals surface area contributed by atoms with Crippen molar-refractivity contribution >= 4 is 183 Å². The standard InChI is InChI=1S/C55H31NS2.C31H17Br2N.C12H9BO2S/c1-5-22-48-38(12-1)41-17-11-21-45-52(41)56(48)49-23-6-4-20-44(49)55(45)46-30-32(34-15-9-18-42-39-13-2-7-24-50(39)57-53(34)42)26-28-36(46)37-29-27-33(31-47(37)55)35-16-10-19-43-40-14-3-8-25-51(40)58-54(35)43;32-18-12-14-20-21-15-13-19(33)17-27(21)31(26(20)16-18)24-8-2-4-11-29(24)34-28-10-3-1-6-22(28)23-7-5-9-25(31)30(23)34;14-13(15)10-6-3-5-9-8-4-1-2-7-11(8)16-12(9)10/h1-31H;1-17H;1-7,14-15H. The van der Waals surface area contributed by atoms with Crippen LogP contribution in [0.3, 0.4) is 0 Å². The van der Waals surface area contributed by atoms with Gasteiger partial charge in [0.15, 0.2) is 0 Å². The van der Waals surface area contributed by atoms with Crippen molar-refractivity contribution in [2.75, 3.05) is 0 Å². The molecule has 2 spiro atoms. The molecule has 0 saturated carbocycles. The average Bonchev–Trinajstić information content (AvgIpc) is 1.49. The average molecular weight is 1560 g/mol. The highest BCUT2D eigenvalue weighted by molar-refractivity contribution is 9.10. The van der Waals surface area contributed by atoms with Gasteiger partial charge < -0.3 is 19.2 Å². The lowest BCUT2D eigenvalue weighted by Crippen LogP contribution is -2.33. The molecular formula is C98H57BBr2N2O2S3. The second kappa shape index (κ2) is 23.6. The van der Waals surface area contributed by atoms with E-state index in [4.69, 9.17) is 0 Å². The van der Waals surface area contributed by atoms with E-state index in [2.05, 4.69) is 338 Å². The van der Waals surface area contributed by atoms with Crippen LogP contribution < -0.4 is 5.46 Å². The molecule has 0 radical (unpaired) electrons. The Kier molecular flexibility index (Phi) is 13.7. The summed E-state index contributed by atoms with van der Waals surface area (Å²) in [6.45, 7) is 0. The van der Waals surface area contributed by atoms with E-state index >= 15 is 0 Å². The molecule has 10 heteroatoms. The van der Waals surface area contributed by atoms with E-state index < -0.39 is 17.9 Å². The van der Waals surface area contributed by atoms with Crippen LogP contribution in [0.4, 0.5) is 0 Å². The molecule has 4 nitrogen and oxygen atoms in total. The van der Waals surface area contributed by atoms with Gasteiger partial charge in [-0.25, -0.2) is 0 Å². The van der Waals surface area contributed by atoms with Crippen molar-refractivity contribution in [2.45, 2.75) is 10.8 Å². The normalized spacial score (nSPS) is 13.5. The smallest absolute Gasteiger partial charge is 0.423 e. The molecule has 0 fully saturated rings. The molecule has 506 valence electrons. The maximum atomic E-state index is 9.31. The van der Waals surface area contributed by atoms with Crippen LogP contribution in [0.5, 0.6) is 0 Å². The maximum Gasteiger partial charge on any atom is 0.489 e. The minimum Gasteiger partial charge on any atom is -0.423 e. The van der Waals surface area contributed by atoms with E-state index in [1.807, 2.05) is 53.0 Å². The predicted molar refractivity (Wildman–Crippen MR) is 464 cm³/mol. The third-order valence-corrected chi connectivity index (χ3v) is 28.3. The first kappa shape index (κ1) is 62.9. The lowest BCUT2D eigenvalue weighted by Gasteiger charge is -2.40. The van der Waals surface area contributed by atoms with E-state index in [-0.39, 0.29) is 0 Å². The summed E-state index contributed by atoms with van der Waals surface area (Å²) in [4.78, 5) is 0. The quantitative estimate of drug-likeness (QED) is 0.173. The summed E-state index contributed by atoms with van der Waals surface area (Å²) < 4.78 is 14.7. The molecule has 25 rings (SSSR count). The highest BCUT2D eigenvalue weighted by atomic mass is 79.9. The summed E-state index contributed by atoms with van der Waals surface area (Å²) in [7, 11) is -1.41. The van der Waals surface area contributed by atoms with E-state index in [0.717, 1.165) is 19.0 Å². The van der Waals surface area contributed by atoms with Gasteiger partial charge in [0.05, 0.1) is 44.3 Å². The molecule has 0 saturated heterocycles. The molecular weight excluding hydrogens is 1500 g/mol. The van der Waals surface area contributed by atoms with Crippen LogP contribution in [-0.4, -0.2) is 26.3 Å². The minimum absolute atomic E-state index is 0.390. The third-order valence-electron chi connectivity index (χ3n) is 23.6. The third kappa shape index (κ3) is 8.56. The van der Waals surface area contributed by atoms with Crippen molar-refractivity contribution in [2.24, 2.45) is 0 Å². The lowest BCUT2D eigenvalue weighted by molar-refractivity contribution is 0.426. The fourth-order valence-electron chi connectivity index (χ4n) is 19.4. The number of hydrogen-bond acceptors (Lipinski definition) is 5. The summed E-state index contributed by atoms with van der Waals surface area (Å²) in [6, 6.07) is 123. The minimum atomic E-state index is -1.41. The van der Waals surface area contributed by atoms with Gasteiger partial charge in [-0.2, -0.15) is 0 Å². The van der Waals surface area contributed by atoms with Crippen LogP contribution in [0, 0.1) is 0 Å². The Morgan fingerprint density at radius 2 is 0.593 bits per heavy atom. The largest absolute Gasteiger partial charge is 0.489 e. The molecule has 0 bridgehead atoms. The molecule has 2 aliphatic heterocycles. The Labute approximate surface area is 650 Å². The number of thiophene rings is 3.